The molecule has 0 fully saturated rings. The molecular weight excluding hydrogens is 270 g/mol. The van der Waals surface area contributed by atoms with E-state index in [2.05, 4.69) is 0 Å². The Hall–Kier alpha value is -2.61. The van der Waals surface area contributed by atoms with E-state index in [0.29, 0.717) is 5.56 Å². The summed E-state index contributed by atoms with van der Waals surface area (Å²) in [5, 5.41) is 8.80. The molecule has 1 aromatic carbocycles. The minimum Gasteiger partial charge on any atom is -0.468 e. The van der Waals surface area contributed by atoms with Gasteiger partial charge in [0.15, 0.2) is 5.41 Å². The molecule has 108 valence electrons. The van der Waals surface area contributed by atoms with Gasteiger partial charge in [-0.05, 0) is 24.1 Å². The third-order valence-corrected chi connectivity index (χ3v) is 3.72. The fraction of sp³-hybridized carbons (Fsp3) is 0.312. The molecule has 0 spiro atoms. The first-order chi connectivity index (χ1) is 10.1. The molecular formula is C16H15NO4. The number of carbonyl (C=O) groups excluding carboxylic acids is 2. The molecule has 1 aromatic rings. The molecule has 0 bridgehead atoms. The Bertz CT molecular complexity index is 609. The Labute approximate surface area is 122 Å². The van der Waals surface area contributed by atoms with Gasteiger partial charge in [-0.1, -0.05) is 24.3 Å². The van der Waals surface area contributed by atoms with Crippen molar-refractivity contribution >= 4 is 11.9 Å². The lowest BCUT2D eigenvalue weighted by Gasteiger charge is -2.22. The van der Waals surface area contributed by atoms with E-state index < -0.39 is 17.4 Å². The third kappa shape index (κ3) is 2.52. The topological polar surface area (TPSA) is 76.4 Å². The lowest BCUT2D eigenvalue weighted by Crippen LogP contribution is -2.38. The molecule has 0 radical (unpaired) electrons. The minimum absolute atomic E-state index is 0.101. The summed E-state index contributed by atoms with van der Waals surface area (Å²) in [4.78, 5) is 24.0. The van der Waals surface area contributed by atoms with Crippen LogP contribution in [0.5, 0.6) is 0 Å². The summed E-state index contributed by atoms with van der Waals surface area (Å²) in [6.07, 6.45) is 3.61. The van der Waals surface area contributed by atoms with Gasteiger partial charge in [-0.3, -0.25) is 9.59 Å². The smallest absolute Gasteiger partial charge is 0.327 e. The molecule has 1 unspecified atom stereocenters. The third-order valence-electron chi connectivity index (χ3n) is 3.72. The van der Waals surface area contributed by atoms with Gasteiger partial charge in [-0.2, -0.15) is 5.26 Å². The summed E-state index contributed by atoms with van der Waals surface area (Å²) in [6.45, 7) is 0. The van der Waals surface area contributed by atoms with Crippen LogP contribution in [0.1, 0.15) is 23.5 Å². The fourth-order valence-electron chi connectivity index (χ4n) is 2.55. The first-order valence-corrected chi connectivity index (χ1v) is 6.43. The van der Waals surface area contributed by atoms with Crippen molar-refractivity contribution in [3.63, 3.8) is 0 Å². The molecule has 0 aliphatic heterocycles. The van der Waals surface area contributed by atoms with Gasteiger partial charge < -0.3 is 9.47 Å². The van der Waals surface area contributed by atoms with Gasteiger partial charge in [-0.15, -0.1) is 0 Å². The number of nitrogens with zero attached hydrogens (tertiary/aromatic N) is 1. The van der Waals surface area contributed by atoms with E-state index in [-0.39, 0.29) is 12.3 Å². The number of hydrogen-bond acceptors (Lipinski definition) is 5. The van der Waals surface area contributed by atoms with Gasteiger partial charge in [0.1, 0.15) is 0 Å². The summed E-state index contributed by atoms with van der Waals surface area (Å²) in [5.41, 5.74) is 0.107. The van der Waals surface area contributed by atoms with Crippen molar-refractivity contribution < 1.29 is 19.1 Å². The predicted octanol–water partition coefficient (Wildman–Crippen LogP) is 1.93. The monoisotopic (exact) mass is 285 g/mol. The molecule has 0 N–H and O–H groups in total. The molecule has 2 rings (SSSR count). The lowest BCUT2D eigenvalue weighted by molar-refractivity contribution is -0.165. The van der Waals surface area contributed by atoms with Gasteiger partial charge in [0, 0.05) is 5.92 Å². The van der Waals surface area contributed by atoms with Gasteiger partial charge in [0.2, 0.25) is 0 Å². The maximum absolute atomic E-state index is 12.0. The van der Waals surface area contributed by atoms with E-state index in [1.807, 2.05) is 18.2 Å². The number of carbonyl (C=O) groups is 2. The number of allylic oxidation sites excluding steroid dienone is 1. The van der Waals surface area contributed by atoms with Gasteiger partial charge in [-0.25, -0.2) is 0 Å². The summed E-state index contributed by atoms with van der Waals surface area (Å²) >= 11 is 0. The van der Waals surface area contributed by atoms with Crippen LogP contribution in [-0.2, 0) is 19.1 Å². The second kappa shape index (κ2) is 5.80. The first kappa shape index (κ1) is 14.8. The highest BCUT2D eigenvalue weighted by atomic mass is 16.5. The second-order valence-electron chi connectivity index (χ2n) is 4.86. The van der Waals surface area contributed by atoms with Crippen LogP contribution < -0.4 is 0 Å². The molecule has 0 aromatic heterocycles. The number of methoxy groups -OCH3 is 2. The lowest BCUT2D eigenvalue weighted by atomic mass is 9.83. The summed E-state index contributed by atoms with van der Waals surface area (Å²) < 4.78 is 9.49. The van der Waals surface area contributed by atoms with E-state index in [4.69, 9.17) is 14.7 Å². The van der Waals surface area contributed by atoms with Crippen LogP contribution in [0.4, 0.5) is 0 Å². The zero-order chi connectivity index (χ0) is 15.5. The molecule has 0 saturated carbocycles. The SMILES string of the molecule is COC(=O)C1(C(=O)OC)C=CC(c2ccc(C#N)cc2)C1. The van der Waals surface area contributed by atoms with Crippen molar-refractivity contribution in [1.29, 1.82) is 5.26 Å². The average molecular weight is 285 g/mol. The largest absolute Gasteiger partial charge is 0.468 e. The maximum Gasteiger partial charge on any atom is 0.327 e. The van der Waals surface area contributed by atoms with Crippen LogP contribution in [0, 0.1) is 16.7 Å². The quantitative estimate of drug-likeness (QED) is 0.482. The summed E-state index contributed by atoms with van der Waals surface area (Å²) in [7, 11) is 2.49. The molecule has 0 saturated heterocycles. The van der Waals surface area contributed by atoms with E-state index in [0.717, 1.165) is 5.56 Å². The van der Waals surface area contributed by atoms with Gasteiger partial charge >= 0.3 is 11.9 Å². The molecule has 5 nitrogen and oxygen atoms in total. The molecule has 1 atom stereocenters. The van der Waals surface area contributed by atoms with Crippen molar-refractivity contribution in [2.75, 3.05) is 14.2 Å². The zero-order valence-electron chi connectivity index (χ0n) is 11.8. The number of nitriles is 1. The number of ether oxygens (including phenoxy) is 2. The second-order valence-corrected chi connectivity index (χ2v) is 4.86. The van der Waals surface area contributed by atoms with Crippen LogP contribution in [-0.4, -0.2) is 26.2 Å². The highest BCUT2D eigenvalue weighted by Crippen LogP contribution is 2.42. The van der Waals surface area contributed by atoms with E-state index >= 15 is 0 Å². The summed E-state index contributed by atoms with van der Waals surface area (Å²) in [6, 6.07) is 9.10. The first-order valence-electron chi connectivity index (χ1n) is 6.43. The highest BCUT2D eigenvalue weighted by molar-refractivity contribution is 6.03. The van der Waals surface area contributed by atoms with Crippen molar-refractivity contribution in [1.82, 2.24) is 0 Å². The van der Waals surface area contributed by atoms with Crippen LogP contribution in [0.25, 0.3) is 0 Å². The van der Waals surface area contributed by atoms with Crippen molar-refractivity contribution in [3.8, 4) is 6.07 Å². The van der Waals surface area contributed by atoms with Crippen LogP contribution in [0.2, 0.25) is 0 Å². The van der Waals surface area contributed by atoms with Gasteiger partial charge in [0.05, 0.1) is 25.9 Å². The molecule has 5 heteroatoms. The average Bonchev–Trinajstić information content (AvgIpc) is 3.00. The van der Waals surface area contributed by atoms with Crippen LogP contribution in [0.3, 0.4) is 0 Å². The Morgan fingerprint density at radius 1 is 1.19 bits per heavy atom. The highest BCUT2D eigenvalue weighted by Gasteiger charge is 2.50. The Balaban J connectivity index is 2.28. The summed E-state index contributed by atoms with van der Waals surface area (Å²) in [5.74, 6) is -1.35. The number of benzene rings is 1. The maximum atomic E-state index is 12.0. The van der Waals surface area contributed by atoms with E-state index in [9.17, 15) is 9.59 Å². The normalized spacial score (nSPS) is 18.8. The molecule has 21 heavy (non-hydrogen) atoms. The van der Waals surface area contributed by atoms with Crippen LogP contribution in [0.15, 0.2) is 36.4 Å². The Kier molecular flexibility index (Phi) is 4.08. The Morgan fingerprint density at radius 2 is 1.76 bits per heavy atom. The fourth-order valence-corrected chi connectivity index (χ4v) is 2.55. The van der Waals surface area contributed by atoms with Crippen molar-refractivity contribution in [3.05, 3.63) is 47.5 Å². The van der Waals surface area contributed by atoms with Gasteiger partial charge in [0.25, 0.3) is 0 Å². The predicted molar refractivity (Wildman–Crippen MR) is 74.1 cm³/mol. The number of rotatable bonds is 3. The minimum atomic E-state index is -1.39. The molecule has 0 heterocycles. The van der Waals surface area contributed by atoms with E-state index in [1.165, 1.54) is 14.2 Å². The standard InChI is InChI=1S/C16H15NO4/c1-20-14(18)16(15(19)21-2)8-7-13(9-16)12-5-3-11(10-17)4-6-12/h3-8,13H,9H2,1-2H3. The molecule has 1 aliphatic carbocycles. The number of esters is 2. The number of hydrogen-bond donors (Lipinski definition) is 0. The van der Waals surface area contributed by atoms with Crippen molar-refractivity contribution in [2.45, 2.75) is 12.3 Å². The molecule has 1 aliphatic rings. The van der Waals surface area contributed by atoms with E-state index in [1.54, 1.807) is 24.3 Å². The van der Waals surface area contributed by atoms with Crippen molar-refractivity contribution in [2.24, 2.45) is 5.41 Å². The molecule has 0 amide bonds. The van der Waals surface area contributed by atoms with Crippen LogP contribution >= 0.6 is 0 Å². The Morgan fingerprint density at radius 3 is 2.24 bits per heavy atom. The zero-order valence-corrected chi connectivity index (χ0v) is 11.8.